The summed E-state index contributed by atoms with van der Waals surface area (Å²) in [4.78, 5) is 23.4. The zero-order valence-electron chi connectivity index (χ0n) is 14.4. The quantitative estimate of drug-likeness (QED) is 0.631. The first-order valence-electron chi connectivity index (χ1n) is 7.81. The van der Waals surface area contributed by atoms with Crippen LogP contribution in [0, 0.1) is 0 Å². The number of aryl methyl sites for hydroxylation is 1. The summed E-state index contributed by atoms with van der Waals surface area (Å²) in [5, 5.41) is 0.133. The fraction of sp³-hybridized carbons (Fsp3) is 0.176. The molecule has 27 heavy (non-hydrogen) atoms. The average Bonchev–Trinajstić information content (AvgIpc) is 2.96. The van der Waals surface area contributed by atoms with E-state index in [1.54, 1.807) is 10.6 Å². The number of hydrogen-bond donors (Lipinski definition) is 1. The number of thiazole rings is 1. The van der Waals surface area contributed by atoms with E-state index in [0.717, 1.165) is 11.3 Å². The van der Waals surface area contributed by atoms with Gasteiger partial charge >= 0.3 is 10.8 Å². The molecule has 142 valence electrons. The number of benzene rings is 2. The normalized spacial score (nSPS) is 11.5. The number of anilines is 1. The molecule has 0 amide bonds. The summed E-state index contributed by atoms with van der Waals surface area (Å²) < 4.78 is 34.6. The van der Waals surface area contributed by atoms with Crippen molar-refractivity contribution in [2.75, 3.05) is 11.8 Å². The van der Waals surface area contributed by atoms with E-state index in [1.165, 1.54) is 37.4 Å². The molecule has 0 saturated heterocycles. The Balaban J connectivity index is 2.01. The molecule has 0 aliphatic rings. The summed E-state index contributed by atoms with van der Waals surface area (Å²) in [6.45, 7) is 2.34. The summed E-state index contributed by atoms with van der Waals surface area (Å²) in [6.07, 6.45) is 0. The topological polar surface area (TPSA) is 94.5 Å². The molecule has 0 radical (unpaired) electrons. The van der Waals surface area contributed by atoms with Crippen LogP contribution < -0.4 is 9.60 Å². The molecule has 0 atom stereocenters. The summed E-state index contributed by atoms with van der Waals surface area (Å²) in [6, 6.07) is 8.59. The first kappa shape index (κ1) is 19.4. The smallest absolute Gasteiger partial charge is 0.337 e. The lowest BCUT2D eigenvalue weighted by atomic mass is 10.2. The molecule has 1 heterocycles. The molecule has 3 rings (SSSR count). The van der Waals surface area contributed by atoms with E-state index in [4.69, 9.17) is 11.6 Å². The van der Waals surface area contributed by atoms with Gasteiger partial charge in [0, 0.05) is 6.54 Å². The van der Waals surface area contributed by atoms with Crippen molar-refractivity contribution in [1.29, 1.82) is 0 Å². The highest BCUT2D eigenvalue weighted by Gasteiger charge is 2.19. The van der Waals surface area contributed by atoms with Gasteiger partial charge < -0.3 is 4.74 Å². The van der Waals surface area contributed by atoms with Gasteiger partial charge in [-0.15, -0.1) is 0 Å². The fourth-order valence-corrected chi connectivity index (χ4v) is 4.95. The molecule has 0 aliphatic carbocycles. The van der Waals surface area contributed by atoms with Crippen molar-refractivity contribution < 1.29 is 17.9 Å². The molecule has 7 nitrogen and oxygen atoms in total. The number of fused-ring (bicyclic) bond motifs is 1. The Morgan fingerprint density at radius 1 is 1.26 bits per heavy atom. The van der Waals surface area contributed by atoms with E-state index >= 15 is 0 Å². The number of carbonyl (C=O) groups is 1. The Bertz CT molecular complexity index is 1200. The maximum Gasteiger partial charge on any atom is 0.337 e. The molecule has 0 spiro atoms. The van der Waals surface area contributed by atoms with Crippen LogP contribution in [0.25, 0.3) is 10.2 Å². The number of hydrogen-bond acceptors (Lipinski definition) is 6. The van der Waals surface area contributed by atoms with Gasteiger partial charge in [0.2, 0.25) is 0 Å². The van der Waals surface area contributed by atoms with Crippen molar-refractivity contribution in [3.8, 4) is 0 Å². The van der Waals surface area contributed by atoms with Crippen LogP contribution in [-0.4, -0.2) is 26.1 Å². The first-order chi connectivity index (χ1) is 12.8. The van der Waals surface area contributed by atoms with E-state index in [2.05, 4.69) is 9.46 Å². The molecule has 0 bridgehead atoms. The number of sulfonamides is 1. The van der Waals surface area contributed by atoms with Gasteiger partial charge in [0.1, 0.15) is 0 Å². The number of rotatable bonds is 5. The summed E-state index contributed by atoms with van der Waals surface area (Å²) >= 11 is 7.03. The monoisotopic (exact) mass is 426 g/mol. The van der Waals surface area contributed by atoms with Gasteiger partial charge in [0.25, 0.3) is 10.0 Å². The summed E-state index contributed by atoms with van der Waals surface area (Å²) in [5.41, 5.74) is 0.893. The number of esters is 1. The second-order valence-electron chi connectivity index (χ2n) is 5.53. The third kappa shape index (κ3) is 3.71. The number of nitrogens with zero attached hydrogens (tertiary/aromatic N) is 1. The second-order valence-corrected chi connectivity index (χ2v) is 8.62. The van der Waals surface area contributed by atoms with Crippen molar-refractivity contribution in [3.63, 3.8) is 0 Å². The van der Waals surface area contributed by atoms with E-state index in [-0.39, 0.29) is 26.0 Å². The van der Waals surface area contributed by atoms with Crippen molar-refractivity contribution >= 4 is 54.8 Å². The summed E-state index contributed by atoms with van der Waals surface area (Å²) in [5.74, 6) is -0.612. The fourth-order valence-electron chi connectivity index (χ4n) is 2.57. The number of carbonyl (C=O) groups excluding carboxylic acids is 1. The summed E-state index contributed by atoms with van der Waals surface area (Å²) in [7, 11) is -2.75. The van der Waals surface area contributed by atoms with Gasteiger partial charge in [0.15, 0.2) is 0 Å². The minimum atomic E-state index is -3.98. The minimum Gasteiger partial charge on any atom is -0.465 e. The third-order valence-electron chi connectivity index (χ3n) is 3.90. The lowest BCUT2D eigenvalue weighted by molar-refractivity contribution is 0.0601. The third-order valence-corrected chi connectivity index (χ3v) is 6.53. The molecule has 10 heteroatoms. The average molecular weight is 427 g/mol. The van der Waals surface area contributed by atoms with Gasteiger partial charge in [0.05, 0.1) is 38.5 Å². The van der Waals surface area contributed by atoms with Crippen LogP contribution in [-0.2, 0) is 21.3 Å². The lowest BCUT2D eigenvalue weighted by Crippen LogP contribution is -2.14. The number of aromatic nitrogens is 1. The second kappa shape index (κ2) is 7.34. The molecular formula is C17H15ClN2O5S2. The molecule has 0 saturated carbocycles. The maximum atomic E-state index is 12.7. The van der Waals surface area contributed by atoms with E-state index in [9.17, 15) is 18.0 Å². The minimum absolute atomic E-state index is 0.0148. The van der Waals surface area contributed by atoms with E-state index < -0.39 is 16.0 Å². The Hall–Kier alpha value is -2.36. The number of ether oxygens (including phenoxy) is 1. The van der Waals surface area contributed by atoms with Gasteiger partial charge in [-0.3, -0.25) is 14.1 Å². The van der Waals surface area contributed by atoms with Gasteiger partial charge in [-0.05, 0) is 43.3 Å². The molecule has 1 N–H and O–H groups in total. The van der Waals surface area contributed by atoms with Crippen LogP contribution in [0.1, 0.15) is 17.3 Å². The Labute approximate surface area is 164 Å². The van der Waals surface area contributed by atoms with E-state index in [0.29, 0.717) is 16.8 Å². The number of halogens is 1. The zero-order chi connectivity index (χ0) is 19.8. The van der Waals surface area contributed by atoms with E-state index in [1.807, 2.05) is 6.92 Å². The van der Waals surface area contributed by atoms with Crippen LogP contribution in [0.4, 0.5) is 5.69 Å². The van der Waals surface area contributed by atoms with Crippen LogP contribution in [0.3, 0.4) is 0 Å². The molecule has 0 aliphatic heterocycles. The Morgan fingerprint density at radius 2 is 2.00 bits per heavy atom. The largest absolute Gasteiger partial charge is 0.465 e. The molecule has 1 aromatic heterocycles. The predicted molar refractivity (Wildman–Crippen MR) is 105 cm³/mol. The highest BCUT2D eigenvalue weighted by Crippen LogP contribution is 2.28. The van der Waals surface area contributed by atoms with Crippen LogP contribution >= 0.6 is 22.9 Å². The van der Waals surface area contributed by atoms with Gasteiger partial charge in [-0.1, -0.05) is 22.9 Å². The van der Waals surface area contributed by atoms with Crippen LogP contribution in [0.15, 0.2) is 46.1 Å². The SMILES string of the molecule is CCn1c(=O)sc2cc(S(=O)(=O)Nc3cc(C(=O)OC)ccc3Cl)ccc21. The molecular weight excluding hydrogens is 412 g/mol. The van der Waals surface area contributed by atoms with Gasteiger partial charge in [-0.25, -0.2) is 13.2 Å². The van der Waals surface area contributed by atoms with Crippen molar-refractivity contribution in [1.82, 2.24) is 4.57 Å². The number of nitrogens with one attached hydrogen (secondary N) is 1. The van der Waals surface area contributed by atoms with Gasteiger partial charge in [-0.2, -0.15) is 0 Å². The highest BCUT2D eigenvalue weighted by atomic mass is 35.5. The Kier molecular flexibility index (Phi) is 5.27. The van der Waals surface area contributed by atoms with Crippen molar-refractivity contribution in [2.45, 2.75) is 18.4 Å². The number of methoxy groups -OCH3 is 1. The predicted octanol–water partition coefficient (Wildman–Crippen LogP) is 3.32. The van der Waals surface area contributed by atoms with Crippen LogP contribution in [0.5, 0.6) is 0 Å². The Morgan fingerprint density at radius 3 is 2.67 bits per heavy atom. The molecule has 3 aromatic rings. The molecule has 0 fully saturated rings. The first-order valence-corrected chi connectivity index (χ1v) is 10.5. The van der Waals surface area contributed by atoms with Crippen molar-refractivity contribution in [3.05, 3.63) is 56.7 Å². The standard InChI is InChI=1S/C17H15ClN2O5S2/c1-3-20-14-7-5-11(9-15(14)26-17(20)22)27(23,24)19-13-8-10(16(21)25-2)4-6-12(13)18/h4-9,19H,3H2,1-2H3. The lowest BCUT2D eigenvalue weighted by Gasteiger charge is -2.11. The maximum absolute atomic E-state index is 12.7. The molecule has 2 aromatic carbocycles. The highest BCUT2D eigenvalue weighted by molar-refractivity contribution is 7.92. The van der Waals surface area contributed by atoms with Crippen LogP contribution in [0.2, 0.25) is 5.02 Å². The van der Waals surface area contributed by atoms with Crippen molar-refractivity contribution in [2.24, 2.45) is 0 Å². The zero-order valence-corrected chi connectivity index (χ0v) is 16.7. The molecule has 0 unspecified atom stereocenters.